The van der Waals surface area contributed by atoms with E-state index in [4.69, 9.17) is 11.6 Å². The Morgan fingerprint density at radius 2 is 1.89 bits per heavy atom. The lowest BCUT2D eigenvalue weighted by Gasteiger charge is -2.36. The molecular formula is C26H21ClN8O2. The van der Waals surface area contributed by atoms with Crippen molar-refractivity contribution in [2.45, 2.75) is 13.5 Å². The number of carbonyl (C=O) groups excluding carboxylic acids is 2. The van der Waals surface area contributed by atoms with Gasteiger partial charge in [-0.05, 0) is 43.2 Å². The molecule has 1 aliphatic rings. The lowest BCUT2D eigenvalue weighted by molar-refractivity contribution is -0.111. The molecule has 0 aliphatic carbocycles. The van der Waals surface area contributed by atoms with Crippen LogP contribution in [-0.4, -0.2) is 31.7 Å². The molecule has 5 rings (SSSR count). The van der Waals surface area contributed by atoms with E-state index < -0.39 is 5.91 Å². The molecule has 0 atom stereocenters. The topological polar surface area (TPSA) is 108 Å². The molecule has 3 heterocycles. The average Bonchev–Trinajstić information content (AvgIpc) is 3.20. The standard InChI is InChI=1S/C26H21ClN8O2/c1-3-8-22(36)29-18-9-7-12-20(13-18)35-24-17(15-34(26(35)37)19-10-5-4-6-11-19)14-28-25(31-24)30-21-16-33(2)32-23(21)27/h4-7,9-14,16H,15H2,1-2H3,(H,29,36)(H,28,30,31). The minimum Gasteiger partial charge on any atom is -0.320 e. The molecule has 4 aromatic rings. The van der Waals surface area contributed by atoms with Crippen molar-refractivity contribution >= 4 is 58.1 Å². The first-order chi connectivity index (χ1) is 17.9. The van der Waals surface area contributed by atoms with E-state index in [0.717, 1.165) is 11.3 Å². The molecule has 0 bridgehead atoms. The van der Waals surface area contributed by atoms with E-state index in [2.05, 4.69) is 37.5 Å². The second-order valence-corrected chi connectivity index (χ2v) is 8.45. The van der Waals surface area contributed by atoms with Gasteiger partial charge in [-0.2, -0.15) is 10.1 Å². The van der Waals surface area contributed by atoms with Gasteiger partial charge >= 0.3 is 6.03 Å². The van der Waals surface area contributed by atoms with Crippen molar-refractivity contribution < 1.29 is 9.59 Å². The van der Waals surface area contributed by atoms with Crippen LogP contribution in [0.3, 0.4) is 0 Å². The predicted molar refractivity (Wildman–Crippen MR) is 142 cm³/mol. The Labute approximate surface area is 217 Å². The molecule has 11 heteroatoms. The molecule has 0 spiro atoms. The van der Waals surface area contributed by atoms with Crippen LogP contribution in [-0.2, 0) is 18.4 Å². The summed E-state index contributed by atoms with van der Waals surface area (Å²) in [6.07, 6.45) is 3.38. The van der Waals surface area contributed by atoms with E-state index in [-0.39, 0.29) is 23.7 Å². The molecule has 0 unspecified atom stereocenters. The highest BCUT2D eigenvalue weighted by Crippen LogP contribution is 2.37. The second kappa shape index (κ2) is 10.0. The summed E-state index contributed by atoms with van der Waals surface area (Å²) in [5.41, 5.74) is 3.00. The van der Waals surface area contributed by atoms with Crippen LogP contribution in [0.1, 0.15) is 12.5 Å². The predicted octanol–water partition coefficient (Wildman–Crippen LogP) is 4.85. The van der Waals surface area contributed by atoms with Gasteiger partial charge in [0.1, 0.15) is 0 Å². The number of benzene rings is 2. The van der Waals surface area contributed by atoms with Crippen molar-refractivity contribution in [3.05, 3.63) is 77.7 Å². The lowest BCUT2D eigenvalue weighted by atomic mass is 10.1. The van der Waals surface area contributed by atoms with Crippen LogP contribution in [0.15, 0.2) is 67.0 Å². The third kappa shape index (κ3) is 4.94. The van der Waals surface area contributed by atoms with Gasteiger partial charge in [0.05, 0.1) is 17.9 Å². The molecule has 184 valence electrons. The molecule has 0 saturated carbocycles. The molecule has 2 aromatic carbocycles. The molecule has 2 N–H and O–H groups in total. The van der Waals surface area contributed by atoms with E-state index in [1.165, 1.54) is 4.90 Å². The normalized spacial score (nSPS) is 12.5. The maximum atomic E-state index is 13.9. The van der Waals surface area contributed by atoms with Crippen molar-refractivity contribution in [2.75, 3.05) is 20.4 Å². The molecular weight excluding hydrogens is 492 g/mol. The van der Waals surface area contributed by atoms with E-state index in [1.807, 2.05) is 30.3 Å². The largest absolute Gasteiger partial charge is 0.335 e. The zero-order valence-corrected chi connectivity index (χ0v) is 20.7. The molecule has 1 aliphatic heterocycles. The first-order valence-electron chi connectivity index (χ1n) is 11.3. The van der Waals surface area contributed by atoms with Crippen molar-refractivity contribution in [2.24, 2.45) is 7.05 Å². The van der Waals surface area contributed by atoms with Crippen LogP contribution in [0.5, 0.6) is 0 Å². The summed E-state index contributed by atoms with van der Waals surface area (Å²) in [4.78, 5) is 38.1. The van der Waals surface area contributed by atoms with Crippen molar-refractivity contribution in [3.63, 3.8) is 0 Å². The lowest BCUT2D eigenvalue weighted by Crippen LogP contribution is -2.45. The highest BCUT2D eigenvalue weighted by atomic mass is 35.5. The third-order valence-electron chi connectivity index (χ3n) is 5.50. The summed E-state index contributed by atoms with van der Waals surface area (Å²) in [6, 6.07) is 16.0. The summed E-state index contributed by atoms with van der Waals surface area (Å²) in [6.45, 7) is 1.87. The Morgan fingerprint density at radius 1 is 1.11 bits per heavy atom. The number of amides is 3. The van der Waals surface area contributed by atoms with Gasteiger partial charge in [-0.1, -0.05) is 41.8 Å². The van der Waals surface area contributed by atoms with Crippen LogP contribution in [0.25, 0.3) is 0 Å². The first kappa shape index (κ1) is 23.8. The summed E-state index contributed by atoms with van der Waals surface area (Å²) in [5, 5.41) is 10.2. The monoisotopic (exact) mass is 512 g/mol. The summed E-state index contributed by atoms with van der Waals surface area (Å²) in [5.74, 6) is 5.23. The molecule has 0 saturated heterocycles. The Kier molecular flexibility index (Phi) is 6.45. The first-order valence-corrected chi connectivity index (χ1v) is 11.6. The van der Waals surface area contributed by atoms with Crippen LogP contribution in [0, 0.1) is 11.8 Å². The molecule has 0 fully saturated rings. The van der Waals surface area contributed by atoms with E-state index in [1.54, 1.807) is 60.2 Å². The van der Waals surface area contributed by atoms with Gasteiger partial charge in [0.15, 0.2) is 11.0 Å². The molecule has 37 heavy (non-hydrogen) atoms. The summed E-state index contributed by atoms with van der Waals surface area (Å²) >= 11 is 6.19. The number of anilines is 6. The van der Waals surface area contributed by atoms with E-state index >= 15 is 0 Å². The fourth-order valence-corrected chi connectivity index (χ4v) is 4.13. The third-order valence-corrected chi connectivity index (χ3v) is 5.78. The molecule has 3 amide bonds. The number of nitrogens with one attached hydrogen (secondary N) is 2. The minimum absolute atomic E-state index is 0.252. The number of hydrogen-bond acceptors (Lipinski definition) is 6. The fraction of sp³-hybridized carbons (Fsp3) is 0.115. The Hall–Kier alpha value is -4.88. The average molecular weight is 513 g/mol. The highest BCUT2D eigenvalue weighted by Gasteiger charge is 2.34. The number of halogens is 1. The van der Waals surface area contributed by atoms with Crippen molar-refractivity contribution in [1.82, 2.24) is 19.7 Å². The van der Waals surface area contributed by atoms with E-state index in [9.17, 15) is 9.59 Å². The van der Waals surface area contributed by atoms with Crippen LogP contribution < -0.4 is 20.4 Å². The number of rotatable bonds is 5. The number of para-hydroxylation sites is 1. The SMILES string of the molecule is CC#CC(=O)Nc1cccc(N2C(=O)N(c3ccccc3)Cc3cnc(Nc4cn(C)nc4Cl)nc32)c1. The Bertz CT molecular complexity index is 1560. The zero-order valence-electron chi connectivity index (χ0n) is 19.9. The second-order valence-electron chi connectivity index (χ2n) is 8.09. The number of aryl methyl sites for hydroxylation is 1. The van der Waals surface area contributed by atoms with Gasteiger partial charge < -0.3 is 10.6 Å². The maximum absolute atomic E-state index is 13.9. The number of aromatic nitrogens is 4. The summed E-state index contributed by atoms with van der Waals surface area (Å²) in [7, 11) is 1.75. The number of carbonyl (C=O) groups is 2. The number of urea groups is 1. The highest BCUT2D eigenvalue weighted by molar-refractivity contribution is 6.32. The minimum atomic E-state index is -0.446. The Morgan fingerprint density at radius 3 is 2.62 bits per heavy atom. The smallest absolute Gasteiger partial charge is 0.320 e. The van der Waals surface area contributed by atoms with Gasteiger partial charge in [0.2, 0.25) is 5.95 Å². The van der Waals surface area contributed by atoms with Crippen molar-refractivity contribution in [3.8, 4) is 11.8 Å². The molecule has 10 nitrogen and oxygen atoms in total. The summed E-state index contributed by atoms with van der Waals surface area (Å²) < 4.78 is 1.57. The van der Waals surface area contributed by atoms with Gasteiger partial charge in [-0.3, -0.25) is 14.4 Å². The van der Waals surface area contributed by atoms with Gasteiger partial charge in [0, 0.05) is 36.4 Å². The number of hydrogen-bond donors (Lipinski definition) is 2. The number of nitrogens with zero attached hydrogens (tertiary/aromatic N) is 6. The van der Waals surface area contributed by atoms with Crippen LogP contribution >= 0.6 is 11.6 Å². The molecule has 0 radical (unpaired) electrons. The van der Waals surface area contributed by atoms with Crippen molar-refractivity contribution in [1.29, 1.82) is 0 Å². The fourth-order valence-electron chi connectivity index (χ4n) is 3.92. The quantitative estimate of drug-likeness (QED) is 0.370. The van der Waals surface area contributed by atoms with Gasteiger partial charge in [0.25, 0.3) is 5.91 Å². The van der Waals surface area contributed by atoms with Gasteiger partial charge in [-0.15, -0.1) is 0 Å². The zero-order chi connectivity index (χ0) is 25.9. The number of fused-ring (bicyclic) bond motifs is 1. The van der Waals surface area contributed by atoms with Crippen LogP contribution in [0.4, 0.5) is 39.3 Å². The Balaban J connectivity index is 1.58. The maximum Gasteiger partial charge on any atom is 0.335 e. The molecule has 2 aromatic heterocycles. The van der Waals surface area contributed by atoms with Crippen LogP contribution in [0.2, 0.25) is 5.15 Å². The van der Waals surface area contributed by atoms with E-state index in [0.29, 0.717) is 22.9 Å². The van der Waals surface area contributed by atoms with Gasteiger partial charge in [-0.25, -0.2) is 14.7 Å².